The highest BCUT2D eigenvalue weighted by molar-refractivity contribution is 5.71. The maximum atomic E-state index is 11.1. The molecule has 1 fully saturated rings. The maximum absolute atomic E-state index is 11.1. The fourth-order valence-electron chi connectivity index (χ4n) is 2.00. The Bertz CT molecular complexity index is 211. The lowest BCUT2D eigenvalue weighted by molar-refractivity contribution is -0.142. The van der Waals surface area contributed by atoms with Gasteiger partial charge in [0.25, 0.3) is 0 Å². The van der Waals surface area contributed by atoms with Gasteiger partial charge in [-0.3, -0.25) is 9.69 Å². The first-order valence-electron chi connectivity index (χ1n) is 5.89. The molecule has 1 rings (SSSR count). The largest absolute Gasteiger partial charge is 0.468 e. The van der Waals surface area contributed by atoms with Crippen molar-refractivity contribution in [1.82, 2.24) is 10.2 Å². The number of nitrogens with one attached hydrogen (secondary N) is 1. The first-order valence-corrected chi connectivity index (χ1v) is 5.89. The number of esters is 1. The number of aliphatic hydroxyl groups excluding tert-OH is 1. The lowest BCUT2D eigenvalue weighted by Crippen LogP contribution is -2.47. The first-order chi connectivity index (χ1) is 7.76. The summed E-state index contributed by atoms with van der Waals surface area (Å²) in [6, 6.07) is 0.435. The minimum Gasteiger partial charge on any atom is -0.468 e. The number of methoxy groups -OCH3 is 1. The average molecular weight is 230 g/mol. The van der Waals surface area contributed by atoms with E-state index in [0.717, 1.165) is 38.9 Å². The highest BCUT2D eigenvalue weighted by Gasteiger charge is 2.20. The number of carbonyl (C=O) groups excluding carboxylic acids is 1. The van der Waals surface area contributed by atoms with Gasteiger partial charge >= 0.3 is 5.97 Å². The summed E-state index contributed by atoms with van der Waals surface area (Å²) in [5.74, 6) is -0.170. The molecule has 0 aromatic carbocycles. The summed E-state index contributed by atoms with van der Waals surface area (Å²) in [4.78, 5) is 13.2. The number of carbonyl (C=O) groups is 1. The Morgan fingerprint density at radius 1 is 1.62 bits per heavy atom. The number of nitrogens with zero attached hydrogens (tertiary/aromatic N) is 1. The van der Waals surface area contributed by atoms with Crippen molar-refractivity contribution in [3.05, 3.63) is 0 Å². The van der Waals surface area contributed by atoms with Crippen LogP contribution in [-0.2, 0) is 9.53 Å². The number of hydrogen-bond acceptors (Lipinski definition) is 5. The molecule has 0 amide bonds. The van der Waals surface area contributed by atoms with E-state index in [-0.39, 0.29) is 12.6 Å². The molecule has 1 unspecified atom stereocenters. The minimum absolute atomic E-state index is 0.170. The molecule has 1 saturated heterocycles. The number of hydrogen-bond donors (Lipinski definition) is 2. The average Bonchev–Trinajstić information content (AvgIpc) is 2.30. The van der Waals surface area contributed by atoms with Crippen molar-refractivity contribution in [2.75, 3.05) is 39.9 Å². The third kappa shape index (κ3) is 4.92. The van der Waals surface area contributed by atoms with E-state index in [9.17, 15) is 4.79 Å². The number of ether oxygens (including phenoxy) is 1. The monoisotopic (exact) mass is 230 g/mol. The molecule has 94 valence electrons. The van der Waals surface area contributed by atoms with E-state index in [0.29, 0.717) is 12.6 Å². The van der Waals surface area contributed by atoms with Crippen LogP contribution < -0.4 is 5.32 Å². The molecule has 0 bridgehead atoms. The molecule has 0 spiro atoms. The number of aliphatic hydroxyl groups is 1. The quantitative estimate of drug-likeness (QED) is 0.480. The Morgan fingerprint density at radius 2 is 2.44 bits per heavy atom. The van der Waals surface area contributed by atoms with Crippen LogP contribution in [0.4, 0.5) is 0 Å². The van der Waals surface area contributed by atoms with Crippen LogP contribution in [0.2, 0.25) is 0 Å². The van der Waals surface area contributed by atoms with E-state index in [2.05, 4.69) is 15.0 Å². The van der Waals surface area contributed by atoms with Gasteiger partial charge in [0.1, 0.15) is 0 Å². The van der Waals surface area contributed by atoms with E-state index >= 15 is 0 Å². The molecule has 0 aromatic rings. The van der Waals surface area contributed by atoms with E-state index in [4.69, 9.17) is 5.11 Å². The fraction of sp³-hybridized carbons (Fsp3) is 0.909. The highest BCUT2D eigenvalue weighted by atomic mass is 16.5. The van der Waals surface area contributed by atoms with Gasteiger partial charge in [-0.15, -0.1) is 0 Å². The third-order valence-corrected chi connectivity index (χ3v) is 2.85. The summed E-state index contributed by atoms with van der Waals surface area (Å²) in [7, 11) is 1.42. The predicted molar refractivity (Wildman–Crippen MR) is 61.2 cm³/mol. The van der Waals surface area contributed by atoms with Gasteiger partial charge in [-0.1, -0.05) is 0 Å². The molecule has 1 aliphatic rings. The SMILES string of the molecule is COC(=O)CN1CCCC(NCCCO)C1. The van der Waals surface area contributed by atoms with Crippen LogP contribution >= 0.6 is 0 Å². The van der Waals surface area contributed by atoms with Gasteiger partial charge in [0.2, 0.25) is 0 Å². The van der Waals surface area contributed by atoms with Crippen LogP contribution in [0.3, 0.4) is 0 Å². The summed E-state index contributed by atoms with van der Waals surface area (Å²) < 4.78 is 4.65. The molecule has 1 atom stereocenters. The van der Waals surface area contributed by atoms with Gasteiger partial charge in [0.15, 0.2) is 0 Å². The summed E-state index contributed by atoms with van der Waals surface area (Å²) in [6.45, 7) is 3.31. The Morgan fingerprint density at radius 3 is 3.12 bits per heavy atom. The molecule has 2 N–H and O–H groups in total. The van der Waals surface area contributed by atoms with Crippen LogP contribution in [-0.4, -0.2) is 61.9 Å². The lowest BCUT2D eigenvalue weighted by Gasteiger charge is -2.32. The van der Waals surface area contributed by atoms with Gasteiger partial charge in [-0.05, 0) is 32.4 Å². The zero-order valence-electron chi connectivity index (χ0n) is 9.95. The summed E-state index contributed by atoms with van der Waals surface area (Å²) in [6.07, 6.45) is 3.03. The van der Waals surface area contributed by atoms with Crippen LogP contribution in [0.15, 0.2) is 0 Å². The minimum atomic E-state index is -0.170. The van der Waals surface area contributed by atoms with Crippen molar-refractivity contribution < 1.29 is 14.6 Å². The molecule has 0 aliphatic carbocycles. The number of piperidine rings is 1. The van der Waals surface area contributed by atoms with Crippen LogP contribution in [0.1, 0.15) is 19.3 Å². The molecule has 0 radical (unpaired) electrons. The molecule has 16 heavy (non-hydrogen) atoms. The lowest BCUT2D eigenvalue weighted by atomic mass is 10.1. The first kappa shape index (κ1) is 13.4. The Hall–Kier alpha value is -0.650. The molecular formula is C11H22N2O3. The summed E-state index contributed by atoms with van der Waals surface area (Å²) in [5, 5.41) is 12.1. The summed E-state index contributed by atoms with van der Waals surface area (Å²) in [5.41, 5.74) is 0. The molecule has 0 aromatic heterocycles. The second-order valence-corrected chi connectivity index (χ2v) is 4.18. The zero-order valence-corrected chi connectivity index (χ0v) is 9.95. The van der Waals surface area contributed by atoms with Gasteiger partial charge in [0.05, 0.1) is 13.7 Å². The highest BCUT2D eigenvalue weighted by Crippen LogP contribution is 2.09. The van der Waals surface area contributed by atoms with E-state index in [1.54, 1.807) is 0 Å². The third-order valence-electron chi connectivity index (χ3n) is 2.85. The van der Waals surface area contributed by atoms with Gasteiger partial charge in [-0.2, -0.15) is 0 Å². The Labute approximate surface area is 96.8 Å². The van der Waals surface area contributed by atoms with E-state index < -0.39 is 0 Å². The molecule has 1 heterocycles. The standard InChI is InChI=1S/C11H22N2O3/c1-16-11(15)9-13-6-2-4-10(8-13)12-5-3-7-14/h10,12,14H,2-9H2,1H3. The molecule has 1 aliphatic heterocycles. The Balaban J connectivity index is 2.21. The molecule has 0 saturated carbocycles. The van der Waals surface area contributed by atoms with Gasteiger partial charge in [0, 0.05) is 19.2 Å². The molecule has 5 heteroatoms. The number of likely N-dealkylation sites (tertiary alicyclic amines) is 1. The van der Waals surface area contributed by atoms with E-state index in [1.165, 1.54) is 7.11 Å². The van der Waals surface area contributed by atoms with Crippen LogP contribution in [0, 0.1) is 0 Å². The second-order valence-electron chi connectivity index (χ2n) is 4.18. The zero-order chi connectivity index (χ0) is 11.8. The fourth-order valence-corrected chi connectivity index (χ4v) is 2.00. The van der Waals surface area contributed by atoms with Crippen molar-refractivity contribution >= 4 is 5.97 Å². The van der Waals surface area contributed by atoms with Crippen molar-refractivity contribution in [3.8, 4) is 0 Å². The second kappa shape index (κ2) is 7.60. The smallest absolute Gasteiger partial charge is 0.319 e. The number of rotatable bonds is 6. The topological polar surface area (TPSA) is 61.8 Å². The Kier molecular flexibility index (Phi) is 6.37. The molecule has 5 nitrogen and oxygen atoms in total. The van der Waals surface area contributed by atoms with Crippen molar-refractivity contribution in [1.29, 1.82) is 0 Å². The van der Waals surface area contributed by atoms with Gasteiger partial charge < -0.3 is 15.2 Å². The van der Waals surface area contributed by atoms with Crippen LogP contribution in [0.25, 0.3) is 0 Å². The van der Waals surface area contributed by atoms with Crippen LogP contribution in [0.5, 0.6) is 0 Å². The van der Waals surface area contributed by atoms with Crippen molar-refractivity contribution in [2.45, 2.75) is 25.3 Å². The maximum Gasteiger partial charge on any atom is 0.319 e. The van der Waals surface area contributed by atoms with Crippen molar-refractivity contribution in [2.24, 2.45) is 0 Å². The van der Waals surface area contributed by atoms with Gasteiger partial charge in [-0.25, -0.2) is 0 Å². The predicted octanol–water partition coefficient (Wildman–Crippen LogP) is -0.404. The summed E-state index contributed by atoms with van der Waals surface area (Å²) >= 11 is 0. The van der Waals surface area contributed by atoms with Crippen molar-refractivity contribution in [3.63, 3.8) is 0 Å². The normalized spacial score (nSPS) is 22.0. The van der Waals surface area contributed by atoms with E-state index in [1.807, 2.05) is 0 Å². The molecular weight excluding hydrogens is 208 g/mol.